The Balaban J connectivity index is 1.36. The van der Waals surface area contributed by atoms with Crippen LogP contribution in [0, 0.1) is 11.8 Å². The number of rotatable bonds is 4. The first-order valence-electron chi connectivity index (χ1n) is 11.3. The van der Waals surface area contributed by atoms with Gasteiger partial charge in [0, 0.05) is 18.8 Å². The SMILES string of the molecule is OCC1OC(OC2CC(O)C3CCC(C4CCC(O)CC4)OC3C2)C(O)C(O)C1O. The summed E-state index contributed by atoms with van der Waals surface area (Å²) in [6, 6.07) is 0. The number of aliphatic hydroxyl groups is 6. The zero-order valence-corrected chi connectivity index (χ0v) is 17.2. The number of fused-ring (bicyclic) bond motifs is 1. The quantitative estimate of drug-likeness (QED) is 0.330. The van der Waals surface area contributed by atoms with Gasteiger partial charge in [0.25, 0.3) is 0 Å². The third-order valence-electron chi connectivity index (χ3n) is 7.55. The molecule has 2 saturated carbocycles. The van der Waals surface area contributed by atoms with Crippen LogP contribution >= 0.6 is 0 Å². The topological polar surface area (TPSA) is 149 Å². The van der Waals surface area contributed by atoms with Crippen LogP contribution in [-0.2, 0) is 14.2 Å². The average molecular weight is 433 g/mol. The summed E-state index contributed by atoms with van der Waals surface area (Å²) in [6.45, 7) is -0.510. The number of aliphatic hydroxyl groups excluding tert-OH is 6. The van der Waals surface area contributed by atoms with E-state index in [-0.39, 0.29) is 24.2 Å². The molecule has 0 aromatic heterocycles. The molecule has 2 aliphatic carbocycles. The standard InChI is InChI=1S/C21H36O9/c22-9-17-18(25)19(26)20(27)21(30-17)28-12-7-14(24)13-5-6-15(29-16(13)8-12)10-1-3-11(23)4-2-10/h10-27H,1-9H2. The monoisotopic (exact) mass is 432 g/mol. The van der Waals surface area contributed by atoms with Crippen molar-refractivity contribution in [3.63, 3.8) is 0 Å². The van der Waals surface area contributed by atoms with Gasteiger partial charge in [-0.15, -0.1) is 0 Å². The second-order valence-electron chi connectivity index (χ2n) is 9.52. The van der Waals surface area contributed by atoms with Crippen molar-refractivity contribution in [1.82, 2.24) is 0 Å². The van der Waals surface area contributed by atoms with Gasteiger partial charge in [-0.2, -0.15) is 0 Å². The van der Waals surface area contributed by atoms with E-state index in [2.05, 4.69) is 0 Å². The van der Waals surface area contributed by atoms with E-state index < -0.39 is 49.5 Å². The average Bonchev–Trinajstić information content (AvgIpc) is 2.74. The van der Waals surface area contributed by atoms with Gasteiger partial charge >= 0.3 is 0 Å². The van der Waals surface area contributed by atoms with Crippen LogP contribution < -0.4 is 0 Å². The first-order valence-corrected chi connectivity index (χ1v) is 11.3. The fraction of sp³-hybridized carbons (Fsp3) is 1.00. The Labute approximate surface area is 176 Å². The lowest BCUT2D eigenvalue weighted by atomic mass is 9.74. The summed E-state index contributed by atoms with van der Waals surface area (Å²) in [5.74, 6) is 0.475. The van der Waals surface area contributed by atoms with Gasteiger partial charge in [-0.1, -0.05) is 0 Å². The summed E-state index contributed by atoms with van der Waals surface area (Å²) >= 11 is 0. The van der Waals surface area contributed by atoms with Crippen molar-refractivity contribution in [3.8, 4) is 0 Å². The summed E-state index contributed by atoms with van der Waals surface area (Å²) in [6.07, 6.45) is -1.60. The molecule has 0 amide bonds. The second-order valence-corrected chi connectivity index (χ2v) is 9.52. The minimum absolute atomic E-state index is 0.0464. The number of ether oxygens (including phenoxy) is 3. The van der Waals surface area contributed by atoms with Crippen LogP contribution in [0.4, 0.5) is 0 Å². The molecule has 4 rings (SSSR count). The Bertz CT molecular complexity index is 553. The maximum Gasteiger partial charge on any atom is 0.186 e. The Morgan fingerprint density at radius 1 is 0.733 bits per heavy atom. The van der Waals surface area contributed by atoms with Crippen LogP contribution in [0.5, 0.6) is 0 Å². The third kappa shape index (κ3) is 4.69. The molecule has 6 N–H and O–H groups in total. The summed E-state index contributed by atoms with van der Waals surface area (Å²) in [4.78, 5) is 0. The normalized spacial score (nSPS) is 52.6. The molecule has 9 heteroatoms. The van der Waals surface area contributed by atoms with Gasteiger partial charge in [0.2, 0.25) is 0 Å². The van der Waals surface area contributed by atoms with E-state index >= 15 is 0 Å². The van der Waals surface area contributed by atoms with Crippen LogP contribution in [0.1, 0.15) is 51.4 Å². The number of hydrogen-bond donors (Lipinski definition) is 6. The zero-order valence-electron chi connectivity index (χ0n) is 17.2. The lowest BCUT2D eigenvalue weighted by molar-refractivity contribution is -0.319. The maximum absolute atomic E-state index is 10.7. The van der Waals surface area contributed by atoms with Crippen molar-refractivity contribution in [3.05, 3.63) is 0 Å². The first kappa shape index (κ1) is 22.8. The fourth-order valence-corrected chi connectivity index (χ4v) is 5.71. The minimum atomic E-state index is -1.49. The van der Waals surface area contributed by atoms with Gasteiger partial charge in [0.1, 0.15) is 24.4 Å². The lowest BCUT2D eigenvalue weighted by Crippen LogP contribution is -2.60. The molecule has 2 aliphatic heterocycles. The molecule has 0 bridgehead atoms. The molecule has 0 radical (unpaired) electrons. The van der Waals surface area contributed by atoms with E-state index in [0.29, 0.717) is 18.8 Å². The number of hydrogen-bond acceptors (Lipinski definition) is 9. The Kier molecular flexibility index (Phi) is 7.33. The van der Waals surface area contributed by atoms with Gasteiger partial charge in [0.15, 0.2) is 6.29 Å². The zero-order chi connectivity index (χ0) is 21.4. The van der Waals surface area contributed by atoms with Crippen LogP contribution in [-0.4, -0.2) is 98.5 Å². The van der Waals surface area contributed by atoms with Crippen molar-refractivity contribution in [2.24, 2.45) is 11.8 Å². The van der Waals surface area contributed by atoms with Gasteiger partial charge in [-0.3, -0.25) is 0 Å². The van der Waals surface area contributed by atoms with Crippen LogP contribution in [0.2, 0.25) is 0 Å². The molecule has 4 fully saturated rings. The van der Waals surface area contributed by atoms with Crippen LogP contribution in [0.25, 0.3) is 0 Å². The summed E-state index contributed by atoms with van der Waals surface area (Å²) in [5, 5.41) is 59.9. The Morgan fingerprint density at radius 3 is 2.17 bits per heavy atom. The third-order valence-corrected chi connectivity index (χ3v) is 7.55. The molecule has 30 heavy (non-hydrogen) atoms. The first-order chi connectivity index (χ1) is 14.4. The van der Waals surface area contributed by atoms with Gasteiger partial charge in [-0.05, 0) is 44.4 Å². The minimum Gasteiger partial charge on any atom is -0.394 e. The predicted molar refractivity (Wildman–Crippen MR) is 103 cm³/mol. The van der Waals surface area contributed by atoms with Crippen molar-refractivity contribution >= 4 is 0 Å². The van der Waals surface area contributed by atoms with Crippen molar-refractivity contribution < 1.29 is 44.8 Å². The highest BCUT2D eigenvalue weighted by Crippen LogP contribution is 2.42. The molecule has 2 heterocycles. The van der Waals surface area contributed by atoms with E-state index in [9.17, 15) is 30.6 Å². The smallest absolute Gasteiger partial charge is 0.186 e. The fourth-order valence-electron chi connectivity index (χ4n) is 5.71. The summed E-state index contributed by atoms with van der Waals surface area (Å²) < 4.78 is 17.7. The maximum atomic E-state index is 10.7. The van der Waals surface area contributed by atoms with Gasteiger partial charge < -0.3 is 44.8 Å². The molecule has 174 valence electrons. The van der Waals surface area contributed by atoms with Crippen molar-refractivity contribution in [2.75, 3.05) is 6.61 Å². The summed E-state index contributed by atoms with van der Waals surface area (Å²) in [7, 11) is 0. The van der Waals surface area contributed by atoms with Crippen LogP contribution in [0.3, 0.4) is 0 Å². The van der Waals surface area contributed by atoms with E-state index in [1.165, 1.54) is 0 Å². The molecule has 10 atom stereocenters. The van der Waals surface area contributed by atoms with Gasteiger partial charge in [-0.25, -0.2) is 0 Å². The molecule has 4 aliphatic rings. The second kappa shape index (κ2) is 9.64. The molecule has 2 saturated heterocycles. The highest BCUT2D eigenvalue weighted by atomic mass is 16.7. The van der Waals surface area contributed by atoms with E-state index in [4.69, 9.17) is 14.2 Å². The van der Waals surface area contributed by atoms with E-state index in [0.717, 1.165) is 38.5 Å². The largest absolute Gasteiger partial charge is 0.394 e. The van der Waals surface area contributed by atoms with Gasteiger partial charge in [0.05, 0.1) is 37.1 Å². The van der Waals surface area contributed by atoms with Crippen LogP contribution in [0.15, 0.2) is 0 Å². The summed E-state index contributed by atoms with van der Waals surface area (Å²) in [5.41, 5.74) is 0. The molecular formula is C21H36O9. The highest BCUT2D eigenvalue weighted by Gasteiger charge is 2.48. The lowest BCUT2D eigenvalue weighted by Gasteiger charge is -2.48. The molecule has 9 nitrogen and oxygen atoms in total. The van der Waals surface area contributed by atoms with Crippen molar-refractivity contribution in [2.45, 2.75) is 113 Å². The van der Waals surface area contributed by atoms with E-state index in [1.807, 2.05) is 0 Å². The molecular weight excluding hydrogens is 396 g/mol. The van der Waals surface area contributed by atoms with E-state index in [1.54, 1.807) is 0 Å². The Hall–Kier alpha value is -0.360. The molecule has 0 spiro atoms. The Morgan fingerprint density at radius 2 is 1.47 bits per heavy atom. The molecule has 0 aromatic carbocycles. The predicted octanol–water partition coefficient (Wildman–Crippen LogP) is -0.959. The molecule has 10 unspecified atom stereocenters. The highest BCUT2D eigenvalue weighted by molar-refractivity contribution is 4.95. The van der Waals surface area contributed by atoms with Crippen molar-refractivity contribution in [1.29, 1.82) is 0 Å². The molecule has 0 aromatic rings.